The zero-order chi connectivity index (χ0) is 21.1. The summed E-state index contributed by atoms with van der Waals surface area (Å²) in [4.78, 5) is 32.6. The van der Waals surface area contributed by atoms with Gasteiger partial charge in [-0.15, -0.1) is 0 Å². The van der Waals surface area contributed by atoms with Crippen LogP contribution in [0.25, 0.3) is 0 Å². The van der Waals surface area contributed by atoms with Crippen molar-refractivity contribution in [3.63, 3.8) is 0 Å². The number of anilines is 2. The van der Waals surface area contributed by atoms with Gasteiger partial charge in [-0.2, -0.15) is 0 Å². The van der Waals surface area contributed by atoms with Crippen LogP contribution < -0.4 is 15.6 Å². The average Bonchev–Trinajstić information content (AvgIpc) is 2.67. The minimum absolute atomic E-state index is 0.0221. The van der Waals surface area contributed by atoms with Crippen molar-refractivity contribution < 1.29 is 13.9 Å². The summed E-state index contributed by atoms with van der Waals surface area (Å²) in [7, 11) is 1.46. The first-order chi connectivity index (χ1) is 13.8. The summed E-state index contributed by atoms with van der Waals surface area (Å²) in [6.07, 6.45) is 1.54. The lowest BCUT2D eigenvalue weighted by Gasteiger charge is -2.18. The molecule has 148 valence electrons. The van der Waals surface area contributed by atoms with Gasteiger partial charge in [0, 0.05) is 31.1 Å². The van der Waals surface area contributed by atoms with Crippen LogP contribution in [0.5, 0.6) is 11.5 Å². The fraction of sp³-hybridized carbons (Fsp3) is 0.143. The van der Waals surface area contributed by atoms with Crippen molar-refractivity contribution in [1.29, 1.82) is 0 Å². The van der Waals surface area contributed by atoms with E-state index in [1.165, 1.54) is 29.8 Å². The number of carbonyl (C=O) groups is 1. The zero-order valence-corrected chi connectivity index (χ0v) is 16.2. The Labute approximate surface area is 166 Å². The number of nitrogens with one attached hydrogen (secondary N) is 1. The van der Waals surface area contributed by atoms with Gasteiger partial charge in [0.15, 0.2) is 0 Å². The molecule has 0 aliphatic carbocycles. The number of pyridine rings is 2. The van der Waals surface area contributed by atoms with Crippen molar-refractivity contribution >= 4 is 24.1 Å². The van der Waals surface area contributed by atoms with E-state index in [2.05, 4.69) is 22.0 Å². The predicted molar refractivity (Wildman–Crippen MR) is 109 cm³/mol. The van der Waals surface area contributed by atoms with Crippen LogP contribution >= 0.6 is 0 Å². The molecule has 0 unspecified atom stereocenters. The molecule has 0 atom stereocenters. The molecule has 2 heterocycles. The van der Waals surface area contributed by atoms with E-state index in [4.69, 9.17) is 4.74 Å². The predicted octanol–water partition coefficient (Wildman–Crippen LogP) is 3.91. The number of aliphatic imine (C=N–C) groups is 1. The Hall–Kier alpha value is -3.81. The van der Waals surface area contributed by atoms with Gasteiger partial charge in [0.25, 0.3) is 11.5 Å². The van der Waals surface area contributed by atoms with E-state index in [-0.39, 0.29) is 22.8 Å². The number of halogens is 1. The van der Waals surface area contributed by atoms with Crippen molar-refractivity contribution in [3.05, 3.63) is 75.6 Å². The summed E-state index contributed by atoms with van der Waals surface area (Å²) in [5.74, 6) is -0.851. The number of carbonyl (C=O) groups excluding carboxylic acids is 1. The number of hydrogen-bond donors (Lipinski definition) is 1. The summed E-state index contributed by atoms with van der Waals surface area (Å²) in [5, 5.41) is 2.82. The lowest BCUT2D eigenvalue weighted by atomic mass is 10.1. The number of rotatable bonds is 5. The fourth-order valence-corrected chi connectivity index (χ4v) is 2.75. The molecule has 0 bridgehead atoms. The van der Waals surface area contributed by atoms with Gasteiger partial charge in [-0.05, 0) is 44.3 Å². The minimum Gasteiger partial charge on any atom is -0.456 e. The van der Waals surface area contributed by atoms with Gasteiger partial charge in [0.05, 0.1) is 5.69 Å². The number of ether oxygens (including phenoxy) is 1. The van der Waals surface area contributed by atoms with Crippen LogP contribution in [0.4, 0.5) is 15.9 Å². The van der Waals surface area contributed by atoms with Gasteiger partial charge in [-0.25, -0.2) is 9.38 Å². The third-order valence-electron chi connectivity index (χ3n) is 4.23. The number of hydrogen-bond acceptors (Lipinski definition) is 5. The maximum Gasteiger partial charge on any atom is 0.283 e. The summed E-state index contributed by atoms with van der Waals surface area (Å²) in [6, 6.07) is 8.98. The first kappa shape index (κ1) is 19.9. The first-order valence-corrected chi connectivity index (χ1v) is 8.69. The normalized spacial score (nSPS) is 10.5. The highest BCUT2D eigenvalue weighted by atomic mass is 19.1. The Kier molecular flexibility index (Phi) is 5.54. The number of aromatic nitrogens is 2. The molecule has 1 amide bonds. The molecule has 3 aromatic rings. The van der Waals surface area contributed by atoms with Gasteiger partial charge < -0.3 is 10.1 Å². The molecule has 3 rings (SSSR count). The van der Waals surface area contributed by atoms with Gasteiger partial charge in [-0.1, -0.05) is 6.07 Å². The molecular formula is C21H19FN4O3. The molecule has 29 heavy (non-hydrogen) atoms. The van der Waals surface area contributed by atoms with Crippen molar-refractivity contribution in [2.24, 2.45) is 12.0 Å². The Bertz CT molecular complexity index is 1170. The number of nitrogens with zero attached hydrogens (tertiary/aromatic N) is 3. The molecule has 8 heteroatoms. The molecule has 7 nitrogen and oxygen atoms in total. The standard InChI is InChI=1S/C21H19FN4O3/c1-12-5-6-16(15(22)9-12)25-20-19(21(28)23-3)17(11-18(27)26(20)4)29-14-7-8-24-13(2)10-14/h5-11,25H,3H2,1-2,4H3. The van der Waals surface area contributed by atoms with Crippen molar-refractivity contribution in [3.8, 4) is 11.5 Å². The summed E-state index contributed by atoms with van der Waals surface area (Å²) < 4.78 is 21.3. The second-order valence-electron chi connectivity index (χ2n) is 6.44. The van der Waals surface area contributed by atoms with Crippen molar-refractivity contribution in [2.45, 2.75) is 13.8 Å². The molecule has 0 aliphatic rings. The number of aryl methyl sites for hydroxylation is 2. The molecule has 0 spiro atoms. The summed E-state index contributed by atoms with van der Waals surface area (Å²) in [5.41, 5.74) is 1.02. The van der Waals surface area contributed by atoms with Crippen LogP contribution in [0.3, 0.4) is 0 Å². The van der Waals surface area contributed by atoms with E-state index in [0.29, 0.717) is 11.4 Å². The van der Waals surface area contributed by atoms with Crippen LogP contribution in [0.1, 0.15) is 21.6 Å². The van der Waals surface area contributed by atoms with Gasteiger partial charge in [-0.3, -0.25) is 19.1 Å². The lowest BCUT2D eigenvalue weighted by Crippen LogP contribution is -2.22. The molecule has 0 radical (unpaired) electrons. The second kappa shape index (κ2) is 8.05. The third kappa shape index (κ3) is 4.21. The lowest BCUT2D eigenvalue weighted by molar-refractivity contribution is 0.100. The Balaban J connectivity index is 2.18. The quantitative estimate of drug-likeness (QED) is 0.663. The molecule has 0 saturated carbocycles. The Morgan fingerprint density at radius 2 is 2.00 bits per heavy atom. The number of benzene rings is 1. The van der Waals surface area contributed by atoms with E-state index in [1.54, 1.807) is 38.2 Å². The van der Waals surface area contributed by atoms with Crippen molar-refractivity contribution in [2.75, 3.05) is 5.32 Å². The van der Waals surface area contributed by atoms with E-state index >= 15 is 0 Å². The van der Waals surface area contributed by atoms with E-state index in [0.717, 1.165) is 5.56 Å². The van der Waals surface area contributed by atoms with E-state index < -0.39 is 17.3 Å². The number of amides is 1. The highest BCUT2D eigenvalue weighted by Crippen LogP contribution is 2.32. The third-order valence-corrected chi connectivity index (χ3v) is 4.23. The SMILES string of the molecule is C=NC(=O)c1c(Oc2ccnc(C)c2)cc(=O)n(C)c1Nc1ccc(C)cc1F. The highest BCUT2D eigenvalue weighted by Gasteiger charge is 2.23. The Morgan fingerprint density at radius 1 is 1.24 bits per heavy atom. The van der Waals surface area contributed by atoms with E-state index in [9.17, 15) is 14.0 Å². The second-order valence-corrected chi connectivity index (χ2v) is 6.44. The summed E-state index contributed by atoms with van der Waals surface area (Å²) in [6.45, 7) is 6.81. The highest BCUT2D eigenvalue weighted by molar-refractivity contribution is 6.04. The van der Waals surface area contributed by atoms with Crippen LogP contribution in [-0.4, -0.2) is 22.2 Å². The van der Waals surface area contributed by atoms with Gasteiger partial charge in [0.1, 0.15) is 28.7 Å². The van der Waals surface area contributed by atoms with Crippen molar-refractivity contribution in [1.82, 2.24) is 9.55 Å². The van der Waals surface area contributed by atoms with E-state index in [1.807, 2.05) is 0 Å². The molecular weight excluding hydrogens is 375 g/mol. The smallest absolute Gasteiger partial charge is 0.283 e. The molecule has 0 aliphatic heterocycles. The average molecular weight is 394 g/mol. The Morgan fingerprint density at radius 3 is 2.66 bits per heavy atom. The van der Waals surface area contributed by atoms with Gasteiger partial charge in [0.2, 0.25) is 0 Å². The van der Waals surface area contributed by atoms with Crippen LogP contribution in [-0.2, 0) is 7.05 Å². The minimum atomic E-state index is -0.726. The maximum atomic E-state index is 14.4. The molecule has 1 N–H and O–H groups in total. The van der Waals surface area contributed by atoms with Crippen LogP contribution in [0.2, 0.25) is 0 Å². The largest absolute Gasteiger partial charge is 0.456 e. The summed E-state index contributed by atoms with van der Waals surface area (Å²) >= 11 is 0. The van der Waals surface area contributed by atoms with Crippen LogP contribution in [0, 0.1) is 19.7 Å². The molecule has 0 saturated heterocycles. The fourth-order valence-electron chi connectivity index (χ4n) is 2.75. The zero-order valence-electron chi connectivity index (χ0n) is 16.2. The molecule has 1 aromatic carbocycles. The maximum absolute atomic E-state index is 14.4. The monoisotopic (exact) mass is 394 g/mol. The van der Waals surface area contributed by atoms with Crippen LogP contribution in [0.15, 0.2) is 52.4 Å². The molecule has 2 aromatic heterocycles. The topological polar surface area (TPSA) is 85.6 Å². The van der Waals surface area contributed by atoms with Gasteiger partial charge >= 0.3 is 0 Å². The molecule has 0 fully saturated rings. The first-order valence-electron chi connectivity index (χ1n) is 8.69.